The van der Waals surface area contributed by atoms with Gasteiger partial charge in [-0.1, -0.05) is 61.5 Å². The standard InChI is InChI=1S/C23H25NO5/c1-4-23(2,14-28-3)20(21(25)26)24-22(27)29-13-19-17-11-7-5-9-15(17)16-10-6-8-12-18(16)19/h4-12,19-20H,1,13-14H2,2-3H3,(H,24,27)(H,25,26)/t20-,23+/m1/s1. The van der Waals surface area contributed by atoms with Gasteiger partial charge in [0.05, 0.1) is 6.61 Å². The molecule has 0 radical (unpaired) electrons. The molecule has 6 heteroatoms. The molecule has 0 fully saturated rings. The molecule has 0 bridgehead atoms. The lowest BCUT2D eigenvalue weighted by Crippen LogP contribution is -2.52. The SMILES string of the molecule is C=C[C@@](C)(COC)[C@H](NC(=O)OCC1c2ccccc2-c2ccccc21)C(=O)O. The number of aliphatic carboxylic acids is 1. The predicted octanol–water partition coefficient (Wildman–Crippen LogP) is 3.82. The van der Waals surface area contributed by atoms with E-state index >= 15 is 0 Å². The molecule has 1 aliphatic rings. The van der Waals surface area contributed by atoms with Crippen molar-refractivity contribution in [1.82, 2.24) is 5.32 Å². The van der Waals surface area contributed by atoms with Crippen LogP contribution in [-0.2, 0) is 14.3 Å². The number of alkyl carbamates (subject to hydrolysis) is 1. The second kappa shape index (κ2) is 8.49. The van der Waals surface area contributed by atoms with Crippen LogP contribution in [0.5, 0.6) is 0 Å². The van der Waals surface area contributed by atoms with Crippen LogP contribution in [0.3, 0.4) is 0 Å². The lowest BCUT2D eigenvalue weighted by Gasteiger charge is -2.31. The Hall–Kier alpha value is -3.12. The number of carbonyl (C=O) groups excluding carboxylic acids is 1. The largest absolute Gasteiger partial charge is 0.480 e. The molecule has 29 heavy (non-hydrogen) atoms. The Kier molecular flexibility index (Phi) is 6.03. The number of hydrogen-bond acceptors (Lipinski definition) is 4. The molecule has 1 aliphatic carbocycles. The molecule has 3 rings (SSSR count). The fourth-order valence-electron chi connectivity index (χ4n) is 3.84. The van der Waals surface area contributed by atoms with Crippen LogP contribution in [0.1, 0.15) is 24.0 Å². The number of rotatable bonds is 8. The Morgan fingerprint density at radius 2 is 1.72 bits per heavy atom. The molecule has 0 saturated heterocycles. The number of benzene rings is 2. The maximum Gasteiger partial charge on any atom is 0.407 e. The minimum atomic E-state index is -1.23. The van der Waals surface area contributed by atoms with Crippen molar-refractivity contribution in [1.29, 1.82) is 0 Å². The lowest BCUT2D eigenvalue weighted by molar-refractivity contribution is -0.142. The fraction of sp³-hybridized carbons (Fsp3) is 0.304. The van der Waals surface area contributed by atoms with Crippen LogP contribution in [0, 0.1) is 5.41 Å². The highest BCUT2D eigenvalue weighted by molar-refractivity contribution is 5.82. The molecule has 6 nitrogen and oxygen atoms in total. The monoisotopic (exact) mass is 395 g/mol. The highest BCUT2D eigenvalue weighted by Crippen LogP contribution is 2.44. The first-order chi connectivity index (χ1) is 13.9. The van der Waals surface area contributed by atoms with Crippen LogP contribution >= 0.6 is 0 Å². The van der Waals surface area contributed by atoms with E-state index in [-0.39, 0.29) is 19.1 Å². The van der Waals surface area contributed by atoms with Gasteiger partial charge in [-0.2, -0.15) is 0 Å². The maximum atomic E-state index is 12.4. The van der Waals surface area contributed by atoms with Crippen LogP contribution in [-0.4, -0.2) is 43.5 Å². The summed E-state index contributed by atoms with van der Waals surface area (Å²) in [6, 6.07) is 14.8. The minimum Gasteiger partial charge on any atom is -0.480 e. The predicted molar refractivity (Wildman–Crippen MR) is 110 cm³/mol. The van der Waals surface area contributed by atoms with Gasteiger partial charge in [0.15, 0.2) is 0 Å². The van der Waals surface area contributed by atoms with E-state index < -0.39 is 23.5 Å². The Balaban J connectivity index is 1.74. The van der Waals surface area contributed by atoms with Crippen LogP contribution in [0.2, 0.25) is 0 Å². The van der Waals surface area contributed by atoms with Gasteiger partial charge in [0.2, 0.25) is 0 Å². The smallest absolute Gasteiger partial charge is 0.407 e. The quantitative estimate of drug-likeness (QED) is 0.664. The van der Waals surface area contributed by atoms with Crippen molar-refractivity contribution >= 4 is 12.1 Å². The molecule has 0 unspecified atom stereocenters. The van der Waals surface area contributed by atoms with Gasteiger partial charge in [-0.05, 0) is 22.3 Å². The van der Waals surface area contributed by atoms with Crippen molar-refractivity contribution in [2.24, 2.45) is 5.41 Å². The van der Waals surface area contributed by atoms with Crippen LogP contribution in [0.25, 0.3) is 11.1 Å². The van der Waals surface area contributed by atoms with E-state index in [9.17, 15) is 14.7 Å². The van der Waals surface area contributed by atoms with Gasteiger partial charge >= 0.3 is 12.1 Å². The van der Waals surface area contributed by atoms with Gasteiger partial charge in [0.25, 0.3) is 0 Å². The molecule has 0 aromatic heterocycles. The Bertz CT molecular complexity index is 879. The van der Waals surface area contributed by atoms with Gasteiger partial charge in [0.1, 0.15) is 12.6 Å². The van der Waals surface area contributed by atoms with E-state index in [1.54, 1.807) is 6.92 Å². The Labute approximate surface area is 170 Å². The molecule has 1 amide bonds. The highest BCUT2D eigenvalue weighted by Gasteiger charge is 2.39. The summed E-state index contributed by atoms with van der Waals surface area (Å²) in [6.45, 7) is 5.55. The number of carboxylic acids is 1. The van der Waals surface area contributed by atoms with E-state index in [0.717, 1.165) is 22.3 Å². The zero-order valence-corrected chi connectivity index (χ0v) is 16.6. The average molecular weight is 395 g/mol. The van der Waals surface area contributed by atoms with E-state index in [1.807, 2.05) is 36.4 Å². The van der Waals surface area contributed by atoms with Gasteiger partial charge in [-0.3, -0.25) is 0 Å². The molecule has 0 saturated carbocycles. The molecule has 0 heterocycles. The molecule has 2 aromatic carbocycles. The molecule has 0 aliphatic heterocycles. The summed E-state index contributed by atoms with van der Waals surface area (Å²) in [7, 11) is 1.47. The van der Waals surface area contributed by atoms with Crippen molar-refractivity contribution in [2.75, 3.05) is 20.3 Å². The Morgan fingerprint density at radius 3 is 2.21 bits per heavy atom. The first-order valence-electron chi connectivity index (χ1n) is 9.38. The number of nitrogens with one attached hydrogen (secondary N) is 1. The summed E-state index contributed by atoms with van der Waals surface area (Å²) in [6.07, 6.45) is 0.683. The van der Waals surface area contributed by atoms with Crippen LogP contribution < -0.4 is 5.32 Å². The van der Waals surface area contributed by atoms with Crippen molar-refractivity contribution in [3.05, 3.63) is 72.3 Å². The zero-order chi connectivity index (χ0) is 21.0. The minimum absolute atomic E-state index is 0.0944. The number of ether oxygens (including phenoxy) is 2. The third-order valence-corrected chi connectivity index (χ3v) is 5.43. The maximum absolute atomic E-state index is 12.4. The lowest BCUT2D eigenvalue weighted by atomic mass is 9.83. The molecule has 152 valence electrons. The summed E-state index contributed by atoms with van der Waals surface area (Å²) >= 11 is 0. The van der Waals surface area contributed by atoms with Gasteiger partial charge in [0, 0.05) is 18.4 Å². The third-order valence-electron chi connectivity index (χ3n) is 5.43. The summed E-state index contributed by atoms with van der Waals surface area (Å²) < 4.78 is 10.6. The molecular weight excluding hydrogens is 370 g/mol. The summed E-state index contributed by atoms with van der Waals surface area (Å²) in [5.41, 5.74) is 3.45. The van der Waals surface area contributed by atoms with Gasteiger partial charge < -0.3 is 19.9 Å². The van der Waals surface area contributed by atoms with E-state index in [2.05, 4.69) is 24.0 Å². The molecule has 0 spiro atoms. The van der Waals surface area contributed by atoms with Crippen molar-refractivity contribution in [2.45, 2.75) is 18.9 Å². The topological polar surface area (TPSA) is 84.9 Å². The van der Waals surface area contributed by atoms with Gasteiger partial charge in [-0.25, -0.2) is 9.59 Å². The number of carboxylic acid groups (broad SMARTS) is 1. The number of amides is 1. The fourth-order valence-corrected chi connectivity index (χ4v) is 3.84. The third kappa shape index (κ3) is 4.03. The van der Waals surface area contributed by atoms with E-state index in [0.29, 0.717) is 0 Å². The highest BCUT2D eigenvalue weighted by atomic mass is 16.5. The van der Waals surface area contributed by atoms with Crippen molar-refractivity contribution in [3.63, 3.8) is 0 Å². The van der Waals surface area contributed by atoms with E-state index in [1.165, 1.54) is 13.2 Å². The van der Waals surface area contributed by atoms with E-state index in [4.69, 9.17) is 9.47 Å². The first kappa shape index (κ1) is 20.6. The van der Waals surface area contributed by atoms with Crippen molar-refractivity contribution in [3.8, 4) is 11.1 Å². The summed E-state index contributed by atoms with van der Waals surface area (Å²) in [5.74, 6) is -1.28. The number of methoxy groups -OCH3 is 1. The first-order valence-corrected chi connectivity index (χ1v) is 9.38. The number of hydrogen-bond donors (Lipinski definition) is 2. The average Bonchev–Trinajstić information content (AvgIpc) is 3.04. The van der Waals surface area contributed by atoms with Crippen LogP contribution in [0.4, 0.5) is 4.79 Å². The van der Waals surface area contributed by atoms with Crippen molar-refractivity contribution < 1.29 is 24.2 Å². The molecule has 2 N–H and O–H groups in total. The number of carbonyl (C=O) groups is 2. The molecule has 2 aromatic rings. The second-order valence-electron chi connectivity index (χ2n) is 7.38. The number of fused-ring (bicyclic) bond motifs is 3. The van der Waals surface area contributed by atoms with Crippen LogP contribution in [0.15, 0.2) is 61.2 Å². The Morgan fingerprint density at radius 1 is 1.17 bits per heavy atom. The normalized spacial score (nSPS) is 15.5. The van der Waals surface area contributed by atoms with Gasteiger partial charge in [-0.15, -0.1) is 6.58 Å². The molecule has 2 atom stereocenters. The zero-order valence-electron chi connectivity index (χ0n) is 16.6. The second-order valence-corrected chi connectivity index (χ2v) is 7.38. The molecular formula is C23H25NO5. The summed E-state index contributed by atoms with van der Waals surface area (Å²) in [5, 5.41) is 12.0. The summed E-state index contributed by atoms with van der Waals surface area (Å²) in [4.78, 5) is 24.2.